The van der Waals surface area contributed by atoms with Crippen molar-refractivity contribution in [3.05, 3.63) is 40.5 Å². The number of amides is 1. The Labute approximate surface area is 156 Å². The van der Waals surface area contributed by atoms with Crippen LogP contribution in [0, 0.1) is 13.8 Å². The van der Waals surface area contributed by atoms with Crippen LogP contribution in [-0.4, -0.2) is 37.9 Å². The van der Waals surface area contributed by atoms with Crippen LogP contribution in [0.15, 0.2) is 29.4 Å². The number of aryl methyl sites for hydroxylation is 1. The first-order valence-electron chi connectivity index (χ1n) is 7.78. The van der Waals surface area contributed by atoms with Crippen LogP contribution in [-0.2, 0) is 4.79 Å². The number of halogens is 1. The molecule has 6 nitrogen and oxygen atoms in total. The van der Waals surface area contributed by atoms with Crippen LogP contribution in [0.4, 0.5) is 11.5 Å². The van der Waals surface area contributed by atoms with Gasteiger partial charge < -0.3 is 10.4 Å². The number of nitrogens with zero attached hydrogens (tertiary/aromatic N) is 3. The summed E-state index contributed by atoms with van der Waals surface area (Å²) >= 11 is 7.16. The van der Waals surface area contributed by atoms with E-state index in [0.717, 1.165) is 23.2 Å². The lowest BCUT2D eigenvalue weighted by Crippen LogP contribution is -2.33. The van der Waals surface area contributed by atoms with Crippen LogP contribution in [0.25, 0.3) is 0 Å². The van der Waals surface area contributed by atoms with Gasteiger partial charge in [-0.1, -0.05) is 23.7 Å². The summed E-state index contributed by atoms with van der Waals surface area (Å²) in [5.74, 6) is 0.343. The Hall–Kier alpha value is -1.83. The van der Waals surface area contributed by atoms with Gasteiger partial charge in [0.05, 0.1) is 12.6 Å². The average Bonchev–Trinajstić information content (AvgIpc) is 2.55. The van der Waals surface area contributed by atoms with Gasteiger partial charge in [0.2, 0.25) is 11.1 Å². The number of anilines is 2. The molecule has 1 heterocycles. The molecule has 1 aromatic carbocycles. The summed E-state index contributed by atoms with van der Waals surface area (Å²) in [5, 5.41) is 13.1. The minimum absolute atomic E-state index is 0.152. The fraction of sp³-hybridized carbons (Fsp3) is 0.353. The smallest absolute Gasteiger partial charge is 0.229 e. The average molecular weight is 381 g/mol. The maximum Gasteiger partial charge on any atom is 0.229 e. The molecular formula is C17H21ClN4O2S. The monoisotopic (exact) mass is 380 g/mol. The van der Waals surface area contributed by atoms with Crippen molar-refractivity contribution in [2.24, 2.45) is 0 Å². The van der Waals surface area contributed by atoms with Gasteiger partial charge >= 0.3 is 0 Å². The van der Waals surface area contributed by atoms with Crippen molar-refractivity contribution in [2.75, 3.05) is 11.9 Å². The highest BCUT2D eigenvalue weighted by Crippen LogP contribution is 2.27. The molecule has 2 N–H and O–H groups in total. The molecule has 0 spiro atoms. The molecule has 8 heteroatoms. The van der Waals surface area contributed by atoms with Crippen LogP contribution >= 0.6 is 23.5 Å². The molecule has 0 aliphatic heterocycles. The Morgan fingerprint density at radius 1 is 1.40 bits per heavy atom. The van der Waals surface area contributed by atoms with Crippen molar-refractivity contribution in [1.82, 2.24) is 14.3 Å². The van der Waals surface area contributed by atoms with Gasteiger partial charge in [0, 0.05) is 30.6 Å². The molecule has 2 aromatic rings. The number of carbonyl (C=O) groups excluding carboxylic acids is 1. The first kappa shape index (κ1) is 19.5. The minimum atomic E-state index is -0.361. The largest absolute Gasteiger partial charge is 0.394 e. The van der Waals surface area contributed by atoms with Gasteiger partial charge in [-0.2, -0.15) is 0 Å². The van der Waals surface area contributed by atoms with E-state index in [4.69, 9.17) is 11.6 Å². The third kappa shape index (κ3) is 5.07. The lowest BCUT2D eigenvalue weighted by Gasteiger charge is -2.24. The highest BCUT2D eigenvalue weighted by atomic mass is 35.5. The Bertz CT molecular complexity index is 772. The first-order valence-corrected chi connectivity index (χ1v) is 8.93. The van der Waals surface area contributed by atoms with Crippen molar-refractivity contribution in [2.45, 2.75) is 38.9 Å². The van der Waals surface area contributed by atoms with E-state index in [1.165, 1.54) is 16.8 Å². The van der Waals surface area contributed by atoms with E-state index in [9.17, 15) is 9.90 Å². The molecule has 0 bridgehead atoms. The summed E-state index contributed by atoms with van der Waals surface area (Å²) in [6.45, 7) is 7.08. The molecule has 2 rings (SSSR count). The fourth-order valence-electron chi connectivity index (χ4n) is 2.15. The molecule has 0 saturated carbocycles. The Morgan fingerprint density at radius 2 is 2.12 bits per heavy atom. The topological polar surface area (TPSA) is 78.4 Å². The second kappa shape index (κ2) is 8.51. The zero-order valence-corrected chi connectivity index (χ0v) is 16.1. The second-order valence-corrected chi connectivity index (χ2v) is 7.03. The van der Waals surface area contributed by atoms with E-state index in [1.807, 2.05) is 32.0 Å². The van der Waals surface area contributed by atoms with Crippen molar-refractivity contribution in [1.29, 1.82) is 0 Å². The number of benzene rings is 1. The Kier molecular flexibility index (Phi) is 6.64. The van der Waals surface area contributed by atoms with Crippen LogP contribution in [0.1, 0.15) is 25.0 Å². The van der Waals surface area contributed by atoms with Gasteiger partial charge in [-0.15, -0.1) is 0 Å². The van der Waals surface area contributed by atoms with E-state index < -0.39 is 0 Å². The van der Waals surface area contributed by atoms with E-state index in [-0.39, 0.29) is 23.7 Å². The lowest BCUT2D eigenvalue weighted by molar-refractivity contribution is -0.125. The predicted molar refractivity (Wildman–Crippen MR) is 101 cm³/mol. The zero-order chi connectivity index (χ0) is 18.6. The maximum absolute atomic E-state index is 11.8. The van der Waals surface area contributed by atoms with Crippen molar-refractivity contribution in [3.63, 3.8) is 0 Å². The molecule has 0 aliphatic rings. The van der Waals surface area contributed by atoms with E-state index in [2.05, 4.69) is 15.3 Å². The number of hydrogen-bond acceptors (Lipinski definition) is 6. The summed E-state index contributed by atoms with van der Waals surface area (Å²) in [5.41, 5.74) is 3.21. The Morgan fingerprint density at radius 3 is 2.76 bits per heavy atom. The minimum Gasteiger partial charge on any atom is -0.394 e. The summed E-state index contributed by atoms with van der Waals surface area (Å²) in [7, 11) is 0. The molecule has 25 heavy (non-hydrogen) atoms. The Balaban J connectivity index is 2.28. The second-order valence-electron chi connectivity index (χ2n) is 5.70. The predicted octanol–water partition coefficient (Wildman–Crippen LogP) is 3.73. The normalized spacial score (nSPS) is 11.9. The number of hydrogen-bond donors (Lipinski definition) is 2. The third-order valence-electron chi connectivity index (χ3n) is 3.70. The summed E-state index contributed by atoms with van der Waals surface area (Å²) in [4.78, 5) is 20.4. The van der Waals surface area contributed by atoms with Crippen LogP contribution in [0.3, 0.4) is 0 Å². The van der Waals surface area contributed by atoms with E-state index in [1.54, 1.807) is 13.0 Å². The number of aliphatic hydroxyl groups excluding tert-OH is 1. The van der Waals surface area contributed by atoms with Crippen LogP contribution in [0.2, 0.25) is 5.15 Å². The van der Waals surface area contributed by atoms with Crippen LogP contribution in [0.5, 0.6) is 0 Å². The summed E-state index contributed by atoms with van der Waals surface area (Å²) in [6, 6.07) is 7.22. The number of nitrogens with one attached hydrogen (secondary N) is 1. The van der Waals surface area contributed by atoms with Gasteiger partial charge in [0.25, 0.3) is 0 Å². The number of aliphatic hydroxyl groups is 1. The molecule has 0 aliphatic carbocycles. The van der Waals surface area contributed by atoms with Crippen LogP contribution < -0.4 is 5.32 Å². The molecule has 134 valence electrons. The SMILES string of the molecule is CC(=O)N(Sc1nc(Cl)cc(Nc2cccc(C)c2C)n1)C(C)CO. The highest BCUT2D eigenvalue weighted by molar-refractivity contribution is 7.97. The first-order chi connectivity index (χ1) is 11.8. The van der Waals surface area contributed by atoms with Gasteiger partial charge in [-0.3, -0.25) is 9.10 Å². The standard InChI is InChI=1S/C17H21ClN4O2S/c1-10-6-5-7-14(12(10)3)19-16-8-15(18)20-17(21-16)25-22(13(4)24)11(2)9-23/h5-8,11,23H,9H2,1-4H3,(H,19,20,21). The maximum atomic E-state index is 11.8. The summed E-state index contributed by atoms with van der Waals surface area (Å²) < 4.78 is 1.42. The lowest BCUT2D eigenvalue weighted by atomic mass is 10.1. The van der Waals surface area contributed by atoms with Gasteiger partial charge in [0.15, 0.2) is 0 Å². The highest BCUT2D eigenvalue weighted by Gasteiger charge is 2.20. The molecule has 1 aromatic heterocycles. The molecule has 0 fully saturated rings. The molecule has 0 saturated heterocycles. The van der Waals surface area contributed by atoms with Crippen molar-refractivity contribution in [3.8, 4) is 0 Å². The van der Waals surface area contributed by atoms with Gasteiger partial charge in [0.1, 0.15) is 11.0 Å². The van der Waals surface area contributed by atoms with Crippen molar-refractivity contribution >= 4 is 41.0 Å². The quantitative estimate of drug-likeness (QED) is 0.451. The van der Waals surface area contributed by atoms with Crippen molar-refractivity contribution < 1.29 is 9.90 Å². The fourth-order valence-corrected chi connectivity index (χ4v) is 3.22. The van der Waals surface area contributed by atoms with E-state index >= 15 is 0 Å². The summed E-state index contributed by atoms with van der Waals surface area (Å²) in [6.07, 6.45) is 0. The number of aromatic nitrogens is 2. The zero-order valence-electron chi connectivity index (χ0n) is 14.6. The molecule has 1 amide bonds. The molecule has 0 radical (unpaired) electrons. The molecular weight excluding hydrogens is 360 g/mol. The van der Waals surface area contributed by atoms with E-state index in [0.29, 0.717) is 11.0 Å². The molecule has 1 unspecified atom stereocenters. The molecule has 1 atom stereocenters. The third-order valence-corrected chi connectivity index (χ3v) is 5.05. The van der Waals surface area contributed by atoms with Gasteiger partial charge in [-0.25, -0.2) is 9.97 Å². The van der Waals surface area contributed by atoms with Gasteiger partial charge in [-0.05, 0) is 38.0 Å². The number of carbonyl (C=O) groups is 1. The number of rotatable bonds is 6.